The molecule has 0 aromatic heterocycles. The average molecular weight is 316 g/mol. The first-order chi connectivity index (χ1) is 9.52. The normalized spacial score (nSPS) is 9.48. The van der Waals surface area contributed by atoms with E-state index in [1.807, 2.05) is 0 Å². The fourth-order valence-corrected chi connectivity index (χ4v) is 1.39. The van der Waals surface area contributed by atoms with Crippen LogP contribution in [0.15, 0.2) is 24.3 Å². The van der Waals surface area contributed by atoms with E-state index in [0.717, 1.165) is 0 Å². The molecule has 1 rings (SSSR count). The first-order valence-corrected chi connectivity index (χ1v) is 6.46. The van der Waals surface area contributed by atoms with E-state index in [9.17, 15) is 9.59 Å². The fourth-order valence-electron chi connectivity index (χ4n) is 1.39. The molecule has 3 N–H and O–H groups in total. The predicted molar refractivity (Wildman–Crippen MR) is 84.8 cm³/mol. The molecule has 21 heavy (non-hydrogen) atoms. The van der Waals surface area contributed by atoms with Gasteiger partial charge in [0.05, 0.1) is 0 Å². The van der Waals surface area contributed by atoms with Gasteiger partial charge >= 0.3 is 0 Å². The van der Waals surface area contributed by atoms with Crippen LogP contribution in [0, 0.1) is 0 Å². The fraction of sp³-hybridized carbons (Fsp3) is 0.429. The minimum atomic E-state index is -0.107. The molecule has 1 aromatic carbocycles. The molecule has 2 amide bonds. The summed E-state index contributed by atoms with van der Waals surface area (Å²) in [4.78, 5) is 24.3. The molecule has 118 valence electrons. The van der Waals surface area contributed by atoms with Crippen LogP contribution in [0.1, 0.15) is 12.8 Å². The Kier molecular flexibility index (Phi) is 9.16. The Morgan fingerprint density at radius 2 is 1.86 bits per heavy atom. The van der Waals surface area contributed by atoms with Crippen LogP contribution in [0.4, 0.5) is 5.69 Å². The van der Waals surface area contributed by atoms with Gasteiger partial charge in [-0.2, -0.15) is 0 Å². The minimum absolute atomic E-state index is 0. The van der Waals surface area contributed by atoms with E-state index < -0.39 is 0 Å². The Bertz CT molecular complexity index is 449. The van der Waals surface area contributed by atoms with Crippen molar-refractivity contribution in [2.24, 2.45) is 5.73 Å². The van der Waals surface area contributed by atoms with Gasteiger partial charge in [0.2, 0.25) is 5.91 Å². The molecule has 7 heteroatoms. The van der Waals surface area contributed by atoms with E-state index in [2.05, 4.69) is 5.32 Å². The second-order valence-corrected chi connectivity index (χ2v) is 4.54. The number of halogens is 1. The van der Waals surface area contributed by atoms with Crippen molar-refractivity contribution >= 4 is 29.9 Å². The van der Waals surface area contributed by atoms with Crippen molar-refractivity contribution in [3.63, 3.8) is 0 Å². The highest BCUT2D eigenvalue weighted by Crippen LogP contribution is 2.16. The summed E-state index contributed by atoms with van der Waals surface area (Å²) in [5, 5.41) is 2.76. The predicted octanol–water partition coefficient (Wildman–Crippen LogP) is 1.25. The molecule has 0 aliphatic carbocycles. The lowest BCUT2D eigenvalue weighted by atomic mass is 10.2. The molecule has 0 saturated carbocycles. The largest absolute Gasteiger partial charge is 0.484 e. The van der Waals surface area contributed by atoms with Gasteiger partial charge in [0, 0.05) is 26.2 Å². The lowest BCUT2D eigenvalue weighted by molar-refractivity contribution is -0.130. The summed E-state index contributed by atoms with van der Waals surface area (Å²) >= 11 is 0. The average Bonchev–Trinajstić information content (AvgIpc) is 2.43. The van der Waals surface area contributed by atoms with Crippen molar-refractivity contribution in [2.45, 2.75) is 12.8 Å². The van der Waals surface area contributed by atoms with Crippen molar-refractivity contribution in [3.8, 4) is 5.75 Å². The SMILES string of the molecule is CN(C)C(=O)COc1ccc(NC(=O)CCCN)cc1.Cl. The van der Waals surface area contributed by atoms with Crippen LogP contribution in [0.2, 0.25) is 0 Å². The summed E-state index contributed by atoms with van der Waals surface area (Å²) in [5.41, 5.74) is 6.03. The van der Waals surface area contributed by atoms with Gasteiger partial charge in [0.15, 0.2) is 6.61 Å². The number of hydrogen-bond acceptors (Lipinski definition) is 4. The number of likely N-dealkylation sites (N-methyl/N-ethyl adjacent to an activating group) is 1. The third kappa shape index (κ3) is 7.53. The molecule has 6 nitrogen and oxygen atoms in total. The smallest absolute Gasteiger partial charge is 0.259 e. The number of rotatable bonds is 7. The first kappa shape index (κ1) is 19.2. The maximum Gasteiger partial charge on any atom is 0.259 e. The maximum absolute atomic E-state index is 11.5. The summed E-state index contributed by atoms with van der Waals surface area (Å²) in [5.74, 6) is 0.413. The Morgan fingerprint density at radius 1 is 1.24 bits per heavy atom. The van der Waals surface area contributed by atoms with Crippen LogP contribution in [0.25, 0.3) is 0 Å². The number of carbonyl (C=O) groups is 2. The Labute approximate surface area is 131 Å². The molecule has 0 spiro atoms. The number of nitrogens with two attached hydrogens (primary N) is 1. The van der Waals surface area contributed by atoms with Gasteiger partial charge in [-0.25, -0.2) is 0 Å². The number of benzene rings is 1. The number of ether oxygens (including phenoxy) is 1. The molecule has 0 unspecified atom stereocenters. The molecule has 0 fully saturated rings. The molecular formula is C14H22ClN3O3. The van der Waals surface area contributed by atoms with E-state index in [4.69, 9.17) is 10.5 Å². The molecule has 0 bridgehead atoms. The third-order valence-electron chi connectivity index (χ3n) is 2.61. The van der Waals surface area contributed by atoms with Gasteiger partial charge in [-0.3, -0.25) is 9.59 Å². The van der Waals surface area contributed by atoms with Gasteiger partial charge in [0.1, 0.15) is 5.75 Å². The standard InChI is InChI=1S/C14H21N3O3.ClH/c1-17(2)14(19)10-20-12-7-5-11(6-8-12)16-13(18)4-3-9-15;/h5-8H,3-4,9-10,15H2,1-2H3,(H,16,18);1H. The highest BCUT2D eigenvalue weighted by Gasteiger charge is 2.05. The lowest BCUT2D eigenvalue weighted by Gasteiger charge is -2.11. The number of nitrogens with zero attached hydrogens (tertiary/aromatic N) is 1. The van der Waals surface area contributed by atoms with Crippen LogP contribution in [0.5, 0.6) is 5.75 Å². The molecule has 0 heterocycles. The van der Waals surface area contributed by atoms with Crippen molar-refractivity contribution in [2.75, 3.05) is 32.6 Å². The lowest BCUT2D eigenvalue weighted by Crippen LogP contribution is -2.27. The summed E-state index contributed by atoms with van der Waals surface area (Å²) in [7, 11) is 3.34. The summed E-state index contributed by atoms with van der Waals surface area (Å²) in [6.45, 7) is 0.495. The van der Waals surface area contributed by atoms with Gasteiger partial charge in [-0.15, -0.1) is 12.4 Å². The zero-order chi connectivity index (χ0) is 15.0. The Morgan fingerprint density at radius 3 is 2.38 bits per heavy atom. The number of anilines is 1. The van der Waals surface area contributed by atoms with Crippen LogP contribution in [-0.4, -0.2) is 44.0 Å². The second kappa shape index (κ2) is 10.0. The van der Waals surface area contributed by atoms with Crippen LogP contribution >= 0.6 is 12.4 Å². The van der Waals surface area contributed by atoms with E-state index >= 15 is 0 Å². The summed E-state index contributed by atoms with van der Waals surface area (Å²) in [6.07, 6.45) is 1.08. The molecule has 0 aliphatic heterocycles. The van der Waals surface area contributed by atoms with E-state index in [1.54, 1.807) is 38.4 Å². The van der Waals surface area contributed by atoms with E-state index in [-0.39, 0.29) is 30.8 Å². The van der Waals surface area contributed by atoms with Crippen molar-refractivity contribution < 1.29 is 14.3 Å². The summed E-state index contributed by atoms with van der Waals surface area (Å²) in [6, 6.07) is 6.88. The first-order valence-electron chi connectivity index (χ1n) is 6.46. The Balaban J connectivity index is 0.00000400. The highest BCUT2D eigenvalue weighted by atomic mass is 35.5. The number of carbonyl (C=O) groups excluding carboxylic acids is 2. The zero-order valence-corrected chi connectivity index (χ0v) is 13.1. The monoisotopic (exact) mass is 315 g/mol. The van der Waals surface area contributed by atoms with Crippen LogP contribution < -0.4 is 15.8 Å². The third-order valence-corrected chi connectivity index (χ3v) is 2.61. The van der Waals surface area contributed by atoms with E-state index in [1.165, 1.54) is 4.90 Å². The van der Waals surface area contributed by atoms with Gasteiger partial charge < -0.3 is 20.7 Å². The molecule has 0 aliphatic rings. The number of nitrogens with one attached hydrogen (secondary N) is 1. The number of hydrogen-bond donors (Lipinski definition) is 2. The molecule has 1 aromatic rings. The van der Waals surface area contributed by atoms with Crippen molar-refractivity contribution in [3.05, 3.63) is 24.3 Å². The van der Waals surface area contributed by atoms with E-state index in [0.29, 0.717) is 30.8 Å². The van der Waals surface area contributed by atoms with Crippen molar-refractivity contribution in [1.29, 1.82) is 0 Å². The topological polar surface area (TPSA) is 84.7 Å². The zero-order valence-electron chi connectivity index (χ0n) is 12.3. The number of amides is 2. The maximum atomic E-state index is 11.5. The van der Waals surface area contributed by atoms with Crippen LogP contribution in [-0.2, 0) is 9.59 Å². The summed E-state index contributed by atoms with van der Waals surface area (Å²) < 4.78 is 5.33. The molecule has 0 saturated heterocycles. The van der Waals surface area contributed by atoms with Gasteiger partial charge in [-0.05, 0) is 37.2 Å². The molecule has 0 radical (unpaired) electrons. The van der Waals surface area contributed by atoms with Gasteiger partial charge in [-0.1, -0.05) is 0 Å². The van der Waals surface area contributed by atoms with Crippen LogP contribution in [0.3, 0.4) is 0 Å². The molecular weight excluding hydrogens is 294 g/mol. The Hall–Kier alpha value is -1.79. The van der Waals surface area contributed by atoms with Crippen molar-refractivity contribution in [1.82, 2.24) is 4.90 Å². The quantitative estimate of drug-likeness (QED) is 0.793. The second-order valence-electron chi connectivity index (χ2n) is 4.54. The minimum Gasteiger partial charge on any atom is -0.484 e. The van der Waals surface area contributed by atoms with Gasteiger partial charge in [0.25, 0.3) is 5.91 Å². The molecule has 0 atom stereocenters. The highest BCUT2D eigenvalue weighted by molar-refractivity contribution is 5.90.